The van der Waals surface area contributed by atoms with Crippen molar-refractivity contribution >= 4 is 43.4 Å². The number of para-hydroxylation sites is 1. The maximum atomic E-state index is 5.46. The molecule has 0 saturated carbocycles. The first-order valence-electron chi connectivity index (χ1n) is 10.6. The number of rotatable bonds is 3. The molecule has 8 heteroatoms. The van der Waals surface area contributed by atoms with Gasteiger partial charge in [0.15, 0.2) is 5.13 Å². The van der Waals surface area contributed by atoms with Gasteiger partial charge in [-0.1, -0.05) is 29.5 Å². The molecule has 5 heterocycles. The van der Waals surface area contributed by atoms with Gasteiger partial charge in [0.25, 0.3) is 0 Å². The summed E-state index contributed by atoms with van der Waals surface area (Å²) in [5.41, 5.74) is 3.33. The van der Waals surface area contributed by atoms with Crippen molar-refractivity contribution in [2.24, 2.45) is 0 Å². The second-order valence-corrected chi connectivity index (χ2v) is 9.03. The number of aromatic nitrogens is 4. The molecule has 0 atom stereocenters. The number of hydrogen-bond donors (Lipinski definition) is 1. The Bertz CT molecular complexity index is 1170. The van der Waals surface area contributed by atoms with E-state index in [1.54, 1.807) is 11.3 Å². The second-order valence-electron chi connectivity index (χ2n) is 8.02. The summed E-state index contributed by atoms with van der Waals surface area (Å²) in [6.45, 7) is 5.38. The van der Waals surface area contributed by atoms with Gasteiger partial charge in [-0.2, -0.15) is 5.10 Å². The molecule has 2 fully saturated rings. The number of ether oxygens (including phenoxy) is 1. The van der Waals surface area contributed by atoms with E-state index in [9.17, 15) is 0 Å². The number of anilines is 2. The lowest BCUT2D eigenvalue weighted by Crippen LogP contribution is -2.36. The number of piperidine rings is 1. The van der Waals surface area contributed by atoms with E-state index in [1.807, 2.05) is 6.20 Å². The summed E-state index contributed by atoms with van der Waals surface area (Å²) in [6, 6.07) is 10.6. The normalized spacial score (nSPS) is 18.5. The standard InChI is InChI=1S/C22H24N6OS/c1-2-4-17-16(3-1)21(26-25-17)15-5-7-27(8-6-15)20-13-19-18(14-23-20)24-22(30-19)28-9-11-29-12-10-28/h1-4,13-15H,5-12H2,(H,25,26). The lowest BCUT2D eigenvalue weighted by atomic mass is 9.91. The highest BCUT2D eigenvalue weighted by Crippen LogP contribution is 2.35. The molecule has 4 aromatic rings. The molecule has 2 saturated heterocycles. The molecule has 154 valence electrons. The number of fused-ring (bicyclic) bond motifs is 2. The first-order valence-corrected chi connectivity index (χ1v) is 11.4. The van der Waals surface area contributed by atoms with Crippen LogP contribution in [0.25, 0.3) is 21.1 Å². The van der Waals surface area contributed by atoms with Crippen LogP contribution < -0.4 is 9.80 Å². The molecule has 0 spiro atoms. The van der Waals surface area contributed by atoms with Gasteiger partial charge < -0.3 is 14.5 Å². The van der Waals surface area contributed by atoms with Gasteiger partial charge in [0.05, 0.1) is 35.3 Å². The minimum Gasteiger partial charge on any atom is -0.378 e. The minimum atomic E-state index is 0.498. The number of hydrogen-bond acceptors (Lipinski definition) is 7. The van der Waals surface area contributed by atoms with Crippen LogP contribution in [-0.2, 0) is 4.74 Å². The zero-order valence-corrected chi connectivity index (χ0v) is 17.6. The van der Waals surface area contributed by atoms with Crippen LogP contribution in [-0.4, -0.2) is 59.6 Å². The number of nitrogens with zero attached hydrogens (tertiary/aromatic N) is 5. The van der Waals surface area contributed by atoms with Crippen LogP contribution in [0.2, 0.25) is 0 Å². The summed E-state index contributed by atoms with van der Waals surface area (Å²) < 4.78 is 6.67. The van der Waals surface area contributed by atoms with Crippen molar-refractivity contribution in [1.29, 1.82) is 0 Å². The van der Waals surface area contributed by atoms with Crippen LogP contribution in [0.3, 0.4) is 0 Å². The van der Waals surface area contributed by atoms with Gasteiger partial charge in [0, 0.05) is 43.5 Å². The van der Waals surface area contributed by atoms with E-state index in [2.05, 4.69) is 50.3 Å². The summed E-state index contributed by atoms with van der Waals surface area (Å²) in [5.74, 6) is 1.56. The molecular weight excluding hydrogens is 396 g/mol. The average molecular weight is 421 g/mol. The van der Waals surface area contributed by atoms with Crippen molar-refractivity contribution in [2.75, 3.05) is 49.2 Å². The molecule has 1 aromatic carbocycles. The highest BCUT2D eigenvalue weighted by Gasteiger charge is 2.25. The molecule has 0 aliphatic carbocycles. The zero-order valence-electron chi connectivity index (χ0n) is 16.8. The Hall–Kier alpha value is -2.71. The van der Waals surface area contributed by atoms with E-state index in [0.717, 1.165) is 74.2 Å². The quantitative estimate of drug-likeness (QED) is 0.544. The highest BCUT2D eigenvalue weighted by atomic mass is 32.1. The van der Waals surface area contributed by atoms with Crippen molar-refractivity contribution in [1.82, 2.24) is 20.2 Å². The number of pyridine rings is 1. The number of thiazole rings is 1. The number of benzene rings is 1. The summed E-state index contributed by atoms with van der Waals surface area (Å²) in [4.78, 5) is 14.2. The number of nitrogens with one attached hydrogen (secondary N) is 1. The van der Waals surface area contributed by atoms with Gasteiger partial charge >= 0.3 is 0 Å². The van der Waals surface area contributed by atoms with Gasteiger partial charge in [-0.25, -0.2) is 9.97 Å². The molecule has 3 aromatic heterocycles. The van der Waals surface area contributed by atoms with Crippen molar-refractivity contribution in [3.8, 4) is 0 Å². The third-order valence-electron chi connectivity index (χ3n) is 6.24. The molecule has 0 unspecified atom stereocenters. The predicted molar refractivity (Wildman–Crippen MR) is 121 cm³/mol. The molecule has 0 bridgehead atoms. The van der Waals surface area contributed by atoms with E-state index < -0.39 is 0 Å². The van der Waals surface area contributed by atoms with Crippen molar-refractivity contribution in [3.05, 3.63) is 42.2 Å². The third kappa shape index (κ3) is 3.20. The molecule has 2 aliphatic heterocycles. The van der Waals surface area contributed by atoms with Crippen molar-refractivity contribution in [2.45, 2.75) is 18.8 Å². The lowest BCUT2D eigenvalue weighted by Gasteiger charge is -2.32. The van der Waals surface area contributed by atoms with Gasteiger partial charge in [0.1, 0.15) is 11.3 Å². The van der Waals surface area contributed by atoms with Gasteiger partial charge in [0.2, 0.25) is 0 Å². The van der Waals surface area contributed by atoms with Crippen LogP contribution >= 0.6 is 11.3 Å². The van der Waals surface area contributed by atoms with Gasteiger partial charge in [-0.05, 0) is 18.9 Å². The van der Waals surface area contributed by atoms with Gasteiger partial charge in [-0.15, -0.1) is 0 Å². The van der Waals surface area contributed by atoms with Crippen molar-refractivity contribution < 1.29 is 4.74 Å². The molecule has 0 radical (unpaired) electrons. The predicted octanol–water partition coefficient (Wildman–Crippen LogP) is 3.79. The largest absolute Gasteiger partial charge is 0.378 e. The number of morpholine rings is 1. The Morgan fingerprint density at radius 2 is 1.87 bits per heavy atom. The molecule has 6 rings (SSSR count). The average Bonchev–Trinajstić information content (AvgIpc) is 3.44. The van der Waals surface area contributed by atoms with Crippen LogP contribution in [0.1, 0.15) is 24.5 Å². The molecular formula is C22H24N6OS. The SMILES string of the molecule is c1ccc2c(C3CCN(c4cc5sc(N6CCOCC6)nc5cn4)CC3)n[nH]c2c1. The lowest BCUT2D eigenvalue weighted by molar-refractivity contribution is 0.122. The minimum absolute atomic E-state index is 0.498. The molecule has 1 N–H and O–H groups in total. The first-order chi connectivity index (χ1) is 14.8. The molecule has 7 nitrogen and oxygen atoms in total. The van der Waals surface area contributed by atoms with Crippen LogP contribution in [0.5, 0.6) is 0 Å². The van der Waals surface area contributed by atoms with Crippen LogP contribution in [0.15, 0.2) is 36.5 Å². The van der Waals surface area contributed by atoms with E-state index >= 15 is 0 Å². The monoisotopic (exact) mass is 420 g/mol. The Morgan fingerprint density at radius 1 is 1.03 bits per heavy atom. The smallest absolute Gasteiger partial charge is 0.186 e. The first kappa shape index (κ1) is 18.1. The maximum Gasteiger partial charge on any atom is 0.186 e. The second kappa shape index (κ2) is 7.52. The van der Waals surface area contributed by atoms with E-state index in [1.165, 1.54) is 15.8 Å². The maximum absolute atomic E-state index is 5.46. The van der Waals surface area contributed by atoms with Crippen molar-refractivity contribution in [3.63, 3.8) is 0 Å². The Labute approximate surface area is 178 Å². The summed E-state index contributed by atoms with van der Waals surface area (Å²) in [5, 5.41) is 10.1. The van der Waals surface area contributed by atoms with E-state index in [-0.39, 0.29) is 0 Å². The van der Waals surface area contributed by atoms with Gasteiger partial charge in [-0.3, -0.25) is 5.10 Å². The fourth-order valence-electron chi connectivity index (χ4n) is 4.55. The number of H-pyrrole nitrogens is 1. The van der Waals surface area contributed by atoms with E-state index in [4.69, 9.17) is 14.7 Å². The zero-order chi connectivity index (χ0) is 19.9. The third-order valence-corrected chi connectivity index (χ3v) is 7.32. The van der Waals surface area contributed by atoms with E-state index in [0.29, 0.717) is 5.92 Å². The molecule has 30 heavy (non-hydrogen) atoms. The molecule has 2 aliphatic rings. The van der Waals surface area contributed by atoms with Crippen LogP contribution in [0.4, 0.5) is 10.9 Å². The Morgan fingerprint density at radius 3 is 2.73 bits per heavy atom. The molecule has 0 amide bonds. The summed E-state index contributed by atoms with van der Waals surface area (Å²) >= 11 is 1.76. The fourth-order valence-corrected chi connectivity index (χ4v) is 5.57. The Kier molecular flexibility index (Phi) is 4.53. The summed E-state index contributed by atoms with van der Waals surface area (Å²) in [7, 11) is 0. The highest BCUT2D eigenvalue weighted by molar-refractivity contribution is 7.22. The Balaban J connectivity index is 1.19. The summed E-state index contributed by atoms with van der Waals surface area (Å²) in [6.07, 6.45) is 4.12. The van der Waals surface area contributed by atoms with Crippen LogP contribution in [0, 0.1) is 0 Å². The topological polar surface area (TPSA) is 70.2 Å². The number of aromatic amines is 1. The fraction of sp³-hybridized carbons (Fsp3) is 0.409.